The lowest BCUT2D eigenvalue weighted by Crippen LogP contribution is -2.31. The van der Waals surface area contributed by atoms with Gasteiger partial charge in [-0.05, 0) is 30.7 Å². The fraction of sp³-hybridized carbons (Fsp3) is 0.300. The Morgan fingerprint density at radius 3 is 2.74 bits per heavy atom. The molecule has 2 rings (SSSR count). The third kappa shape index (κ3) is 3.58. The van der Waals surface area contributed by atoms with Gasteiger partial charge in [-0.1, -0.05) is 34.8 Å². The first-order chi connectivity index (χ1) is 8.78. The van der Waals surface area contributed by atoms with Crippen LogP contribution in [0.5, 0.6) is 0 Å². The Labute approximate surface area is 128 Å². The summed E-state index contributed by atoms with van der Waals surface area (Å²) >= 11 is 16.6. The van der Waals surface area contributed by atoms with Crippen LogP contribution >= 0.6 is 46.8 Å². The number of alkyl halides is 3. The third-order valence-electron chi connectivity index (χ3n) is 2.42. The Hall–Kier alpha value is -0.400. The molecule has 0 radical (unpaired) electrons. The zero-order valence-corrected chi connectivity index (χ0v) is 12.7. The number of urea groups is 1. The van der Waals surface area contributed by atoms with Gasteiger partial charge in [0.05, 0.1) is 6.67 Å². The number of hydrazine groups is 1. The van der Waals surface area contributed by atoms with Gasteiger partial charge >= 0.3 is 9.95 Å². The van der Waals surface area contributed by atoms with Crippen molar-refractivity contribution in [2.75, 3.05) is 11.6 Å². The van der Waals surface area contributed by atoms with Gasteiger partial charge < -0.3 is 0 Å². The highest BCUT2D eigenvalue weighted by Crippen LogP contribution is 2.39. The number of carbonyl (C=O) groups is 1. The minimum atomic E-state index is -2.58. The summed E-state index contributed by atoms with van der Waals surface area (Å²) in [5.74, 6) is 0. The molecule has 0 spiro atoms. The predicted molar refractivity (Wildman–Crippen MR) is 77.0 cm³/mol. The molecule has 0 aliphatic carbocycles. The molecule has 0 unspecified atom stereocenters. The lowest BCUT2D eigenvalue weighted by atomic mass is 10.2. The summed E-state index contributed by atoms with van der Waals surface area (Å²) in [4.78, 5) is 13.5. The van der Waals surface area contributed by atoms with E-state index in [9.17, 15) is 9.18 Å². The van der Waals surface area contributed by atoms with Gasteiger partial charge in [0.2, 0.25) is 0 Å². The molecule has 1 fully saturated rings. The van der Waals surface area contributed by atoms with Crippen molar-refractivity contribution in [1.29, 1.82) is 0 Å². The molecule has 0 atom stereocenters. The molecular formula is C10H9Cl3FN3OS. The average Bonchev–Trinajstić information content (AvgIpc) is 2.59. The van der Waals surface area contributed by atoms with E-state index >= 15 is 0 Å². The fourth-order valence-electron chi connectivity index (χ4n) is 1.66. The lowest BCUT2D eigenvalue weighted by molar-refractivity contribution is 0.235. The molecule has 9 heteroatoms. The van der Waals surface area contributed by atoms with Gasteiger partial charge in [0.15, 0.2) is 0 Å². The smallest absolute Gasteiger partial charge is 0.277 e. The maximum absolute atomic E-state index is 13.1. The fourth-order valence-corrected chi connectivity index (χ4v) is 2.81. The first-order valence-electron chi connectivity index (χ1n) is 5.15. The molecule has 104 valence electrons. The highest BCUT2D eigenvalue weighted by Gasteiger charge is 2.37. The van der Waals surface area contributed by atoms with Crippen LogP contribution in [0.4, 0.5) is 14.9 Å². The Kier molecular flexibility index (Phi) is 4.37. The molecule has 1 saturated heterocycles. The molecule has 19 heavy (non-hydrogen) atoms. The number of hydrogen-bond acceptors (Lipinski definition) is 3. The minimum absolute atomic E-state index is 0.193. The summed E-state index contributed by atoms with van der Waals surface area (Å²) in [5, 5.41) is 0.580. The second kappa shape index (κ2) is 5.54. The van der Waals surface area contributed by atoms with Gasteiger partial charge in [-0.25, -0.2) is 4.79 Å². The first kappa shape index (κ1) is 15.0. The summed E-state index contributed by atoms with van der Waals surface area (Å²) in [6.07, 6.45) is 0. The summed E-state index contributed by atoms with van der Waals surface area (Å²) in [7, 11) is 0. The number of rotatable bonds is 3. The van der Waals surface area contributed by atoms with Crippen molar-refractivity contribution in [3.63, 3.8) is 0 Å². The molecule has 4 nitrogen and oxygen atoms in total. The molecule has 1 aromatic rings. The number of hydrogen-bond donors (Lipinski definition) is 1. The standard InChI is InChI=1S/C10H9Cl3FN3OS/c1-6-4-7(11)2-3-8(6)16-5-15-17(9(16)18)19-10(12,13)14/h2-4,15H,5H2,1H3. The predicted octanol–water partition coefficient (Wildman–Crippen LogP) is 4.06. The quantitative estimate of drug-likeness (QED) is 0.663. The number of amides is 2. The number of aryl methyl sites for hydroxylation is 1. The Morgan fingerprint density at radius 2 is 2.16 bits per heavy atom. The number of benzene rings is 1. The molecule has 1 aromatic carbocycles. The summed E-state index contributed by atoms with van der Waals surface area (Å²) < 4.78 is 11.5. The van der Waals surface area contributed by atoms with E-state index in [1.54, 1.807) is 18.2 Å². The summed E-state index contributed by atoms with van der Waals surface area (Å²) in [5.41, 5.74) is 4.19. The van der Waals surface area contributed by atoms with Crippen LogP contribution < -0.4 is 10.3 Å². The second-order valence-electron chi connectivity index (χ2n) is 3.79. The van der Waals surface area contributed by atoms with E-state index in [-0.39, 0.29) is 6.67 Å². The second-order valence-corrected chi connectivity index (χ2v) is 7.02. The molecule has 1 aliphatic heterocycles. The molecule has 2 amide bonds. The van der Waals surface area contributed by atoms with E-state index in [1.165, 1.54) is 4.90 Å². The van der Waals surface area contributed by atoms with Gasteiger partial charge in [-0.15, -0.1) is 0 Å². The van der Waals surface area contributed by atoms with E-state index in [2.05, 4.69) is 5.43 Å². The Balaban J connectivity index is 2.18. The van der Waals surface area contributed by atoms with Gasteiger partial charge in [0, 0.05) is 22.7 Å². The maximum atomic E-state index is 13.1. The molecule has 0 bridgehead atoms. The maximum Gasteiger partial charge on any atom is 0.350 e. The molecule has 0 aromatic heterocycles. The molecule has 1 heterocycles. The van der Waals surface area contributed by atoms with Crippen LogP contribution in [0.2, 0.25) is 5.02 Å². The number of halogens is 4. The number of nitrogens with zero attached hydrogens (tertiary/aromatic N) is 2. The molecule has 0 saturated carbocycles. The van der Waals surface area contributed by atoms with Crippen molar-refractivity contribution in [3.8, 4) is 0 Å². The largest absolute Gasteiger partial charge is 0.350 e. The van der Waals surface area contributed by atoms with Crippen LogP contribution in [-0.4, -0.2) is 21.0 Å². The van der Waals surface area contributed by atoms with Gasteiger partial charge in [-0.2, -0.15) is 14.2 Å². The summed E-state index contributed by atoms with van der Waals surface area (Å²) in [6, 6.07) is 4.67. The van der Waals surface area contributed by atoms with Crippen molar-refractivity contribution in [2.45, 2.75) is 10.8 Å². The third-order valence-corrected chi connectivity index (χ3v) is 3.75. The minimum Gasteiger partial charge on any atom is -0.277 e. The lowest BCUT2D eigenvalue weighted by Gasteiger charge is -2.19. The topological polar surface area (TPSA) is 35.6 Å². The highest BCUT2D eigenvalue weighted by atomic mass is 35.5. The number of anilines is 1. The summed E-state index contributed by atoms with van der Waals surface area (Å²) in [6.45, 7) is 2.02. The van der Waals surface area contributed by atoms with Crippen LogP contribution in [0, 0.1) is 6.92 Å². The van der Waals surface area contributed by atoms with Crippen LogP contribution in [0.15, 0.2) is 18.2 Å². The molecular weight excluding hydrogens is 336 g/mol. The van der Waals surface area contributed by atoms with Crippen molar-refractivity contribution in [2.24, 2.45) is 0 Å². The average molecular weight is 345 g/mol. The van der Waals surface area contributed by atoms with Gasteiger partial charge in [0.25, 0.3) is 0 Å². The van der Waals surface area contributed by atoms with Crippen LogP contribution in [-0.2, 0) is 0 Å². The number of nitrogens with one attached hydrogen (secondary N) is 1. The van der Waals surface area contributed by atoms with Crippen LogP contribution in [0.3, 0.4) is 0 Å². The van der Waals surface area contributed by atoms with E-state index in [0.717, 1.165) is 9.98 Å². The highest BCUT2D eigenvalue weighted by molar-refractivity contribution is 8.01. The Morgan fingerprint density at radius 1 is 1.47 bits per heavy atom. The first-order valence-corrected chi connectivity index (χ1v) is 7.06. The SMILES string of the molecule is Cc1cc(Cl)ccc1N1CNN(SC(F)(Cl)Cl)C1=O. The van der Waals surface area contributed by atoms with Crippen LogP contribution in [0.25, 0.3) is 0 Å². The number of carbonyl (C=O) groups excluding carboxylic acids is 1. The zero-order valence-electron chi connectivity index (χ0n) is 9.66. The van der Waals surface area contributed by atoms with Gasteiger partial charge in [0.1, 0.15) is 0 Å². The zero-order chi connectivity index (χ0) is 14.2. The van der Waals surface area contributed by atoms with Crippen molar-refractivity contribution in [3.05, 3.63) is 28.8 Å². The van der Waals surface area contributed by atoms with Gasteiger partial charge in [-0.3, -0.25) is 4.90 Å². The Bertz CT molecular complexity index is 511. The van der Waals surface area contributed by atoms with Crippen molar-refractivity contribution in [1.82, 2.24) is 9.84 Å². The van der Waals surface area contributed by atoms with Crippen LogP contribution in [0.1, 0.15) is 5.56 Å². The van der Waals surface area contributed by atoms with E-state index < -0.39 is 9.95 Å². The van der Waals surface area contributed by atoms with E-state index in [0.29, 0.717) is 22.7 Å². The monoisotopic (exact) mass is 343 g/mol. The normalized spacial score (nSPS) is 16.4. The van der Waals surface area contributed by atoms with Crippen molar-refractivity contribution < 1.29 is 9.18 Å². The van der Waals surface area contributed by atoms with E-state index in [1.807, 2.05) is 6.92 Å². The molecule has 1 aliphatic rings. The van der Waals surface area contributed by atoms with E-state index in [4.69, 9.17) is 34.8 Å². The molecule has 1 N–H and O–H groups in total. The van der Waals surface area contributed by atoms with Crippen molar-refractivity contribution >= 4 is 58.5 Å².